The van der Waals surface area contributed by atoms with Crippen LogP contribution in [0.1, 0.15) is 33.7 Å². The Hall–Kier alpha value is -3.03. The molecular weight excluding hydrogens is 318 g/mol. The average Bonchev–Trinajstić information content (AvgIpc) is 3.24. The fourth-order valence-electron chi connectivity index (χ4n) is 2.20. The van der Waals surface area contributed by atoms with E-state index in [1.54, 1.807) is 24.0 Å². The summed E-state index contributed by atoms with van der Waals surface area (Å²) in [5.74, 6) is 0.256. The second-order valence-corrected chi connectivity index (χ2v) is 6.81. The summed E-state index contributed by atoms with van der Waals surface area (Å²) in [6.45, 7) is 7.84. The molecule has 8 heteroatoms. The molecule has 1 aromatic carbocycles. The highest BCUT2D eigenvalue weighted by molar-refractivity contribution is 5.93. The van der Waals surface area contributed by atoms with Gasteiger partial charge in [0.2, 0.25) is 5.82 Å². The van der Waals surface area contributed by atoms with Crippen molar-refractivity contribution in [3.63, 3.8) is 0 Å². The molecule has 0 aliphatic rings. The summed E-state index contributed by atoms with van der Waals surface area (Å²) in [6, 6.07) is 8.92. The number of amides is 1. The van der Waals surface area contributed by atoms with E-state index in [0.717, 1.165) is 5.56 Å². The molecule has 0 saturated heterocycles. The molecule has 3 aromatic rings. The minimum atomic E-state index is -0.594. The van der Waals surface area contributed by atoms with Gasteiger partial charge >= 0.3 is 0 Å². The number of aromatic nitrogens is 6. The van der Waals surface area contributed by atoms with Crippen LogP contribution in [0.3, 0.4) is 0 Å². The number of carbonyl (C=O) groups is 1. The first-order valence-corrected chi connectivity index (χ1v) is 8.05. The van der Waals surface area contributed by atoms with Gasteiger partial charge in [0.05, 0.1) is 17.4 Å². The van der Waals surface area contributed by atoms with Gasteiger partial charge in [-0.3, -0.25) is 9.48 Å². The van der Waals surface area contributed by atoms with Crippen molar-refractivity contribution in [2.24, 2.45) is 0 Å². The SMILES string of the molecule is CC(C(=O)Nc1cnn(C(C)(C)C)c1)n1nnc(-c2ccccc2)n1. The van der Waals surface area contributed by atoms with Crippen molar-refractivity contribution >= 4 is 11.6 Å². The Morgan fingerprint density at radius 1 is 1.20 bits per heavy atom. The van der Waals surface area contributed by atoms with Crippen molar-refractivity contribution in [2.75, 3.05) is 5.32 Å². The second kappa shape index (κ2) is 6.46. The minimum Gasteiger partial charge on any atom is -0.321 e. The van der Waals surface area contributed by atoms with E-state index in [1.807, 2.05) is 51.1 Å². The number of tetrazole rings is 1. The predicted molar refractivity (Wildman–Crippen MR) is 93.8 cm³/mol. The van der Waals surface area contributed by atoms with Gasteiger partial charge in [-0.25, -0.2) is 0 Å². The molecule has 3 rings (SSSR count). The highest BCUT2D eigenvalue weighted by atomic mass is 16.2. The van der Waals surface area contributed by atoms with Crippen molar-refractivity contribution in [1.82, 2.24) is 30.0 Å². The van der Waals surface area contributed by atoms with Gasteiger partial charge in [0, 0.05) is 11.8 Å². The third-order valence-corrected chi connectivity index (χ3v) is 3.72. The van der Waals surface area contributed by atoms with E-state index >= 15 is 0 Å². The Labute approximate surface area is 145 Å². The lowest BCUT2D eigenvalue weighted by atomic mass is 10.1. The molecule has 0 saturated carbocycles. The lowest BCUT2D eigenvalue weighted by molar-refractivity contribution is -0.119. The third-order valence-electron chi connectivity index (χ3n) is 3.72. The Morgan fingerprint density at radius 2 is 1.92 bits per heavy atom. The first-order chi connectivity index (χ1) is 11.8. The van der Waals surface area contributed by atoms with E-state index in [9.17, 15) is 4.79 Å². The monoisotopic (exact) mass is 339 g/mol. The Bertz CT molecular complexity index is 861. The zero-order valence-corrected chi connectivity index (χ0v) is 14.7. The largest absolute Gasteiger partial charge is 0.321 e. The molecule has 1 unspecified atom stereocenters. The van der Waals surface area contributed by atoms with Crippen LogP contribution in [0.5, 0.6) is 0 Å². The zero-order valence-electron chi connectivity index (χ0n) is 14.7. The van der Waals surface area contributed by atoms with Gasteiger partial charge in [-0.1, -0.05) is 30.3 Å². The summed E-state index contributed by atoms with van der Waals surface area (Å²) < 4.78 is 1.80. The van der Waals surface area contributed by atoms with Gasteiger partial charge in [0.1, 0.15) is 6.04 Å². The number of nitrogens with one attached hydrogen (secondary N) is 1. The fraction of sp³-hybridized carbons (Fsp3) is 0.353. The van der Waals surface area contributed by atoms with Gasteiger partial charge in [-0.2, -0.15) is 9.90 Å². The van der Waals surface area contributed by atoms with Gasteiger partial charge < -0.3 is 5.32 Å². The molecule has 130 valence electrons. The van der Waals surface area contributed by atoms with Gasteiger partial charge in [0.25, 0.3) is 5.91 Å². The van der Waals surface area contributed by atoms with Gasteiger partial charge in [-0.05, 0) is 32.9 Å². The van der Waals surface area contributed by atoms with E-state index < -0.39 is 6.04 Å². The highest BCUT2D eigenvalue weighted by Crippen LogP contribution is 2.17. The molecular formula is C17H21N7O. The summed E-state index contributed by atoms with van der Waals surface area (Å²) in [5, 5.41) is 19.4. The lowest BCUT2D eigenvalue weighted by Gasteiger charge is -2.18. The summed E-state index contributed by atoms with van der Waals surface area (Å²) in [6.07, 6.45) is 3.43. The van der Waals surface area contributed by atoms with E-state index in [-0.39, 0.29) is 11.4 Å². The maximum atomic E-state index is 12.4. The quantitative estimate of drug-likeness (QED) is 0.788. The summed E-state index contributed by atoms with van der Waals surface area (Å²) >= 11 is 0. The first kappa shape index (κ1) is 16.8. The van der Waals surface area contributed by atoms with Gasteiger partial charge in [-0.15, -0.1) is 10.2 Å². The number of nitrogens with zero attached hydrogens (tertiary/aromatic N) is 6. The van der Waals surface area contributed by atoms with E-state index in [4.69, 9.17) is 0 Å². The molecule has 0 aliphatic heterocycles. The van der Waals surface area contributed by atoms with Crippen molar-refractivity contribution in [3.8, 4) is 11.4 Å². The van der Waals surface area contributed by atoms with Crippen molar-refractivity contribution in [2.45, 2.75) is 39.3 Å². The minimum absolute atomic E-state index is 0.146. The standard InChI is InChI=1S/C17H21N7O/c1-12(16(25)19-14-10-18-23(11-14)17(2,3)4)24-21-15(20-22-24)13-8-6-5-7-9-13/h5-12H,1-4H3,(H,19,25). The topological polar surface area (TPSA) is 90.5 Å². The smallest absolute Gasteiger partial charge is 0.250 e. The Morgan fingerprint density at radius 3 is 2.56 bits per heavy atom. The first-order valence-electron chi connectivity index (χ1n) is 8.05. The molecule has 0 radical (unpaired) electrons. The van der Waals surface area contributed by atoms with Crippen LogP contribution in [0.25, 0.3) is 11.4 Å². The van der Waals surface area contributed by atoms with E-state index in [0.29, 0.717) is 11.5 Å². The number of hydrogen-bond donors (Lipinski definition) is 1. The van der Waals surface area contributed by atoms with Crippen molar-refractivity contribution in [3.05, 3.63) is 42.7 Å². The Balaban J connectivity index is 1.71. The van der Waals surface area contributed by atoms with Crippen LogP contribution < -0.4 is 5.32 Å². The average molecular weight is 339 g/mol. The van der Waals surface area contributed by atoms with Crippen LogP contribution in [0.4, 0.5) is 5.69 Å². The normalized spacial score (nSPS) is 12.8. The molecule has 1 N–H and O–H groups in total. The van der Waals surface area contributed by atoms with Crippen LogP contribution in [-0.4, -0.2) is 35.9 Å². The van der Waals surface area contributed by atoms with Crippen LogP contribution in [0.15, 0.2) is 42.7 Å². The fourth-order valence-corrected chi connectivity index (χ4v) is 2.20. The number of rotatable bonds is 4. The number of anilines is 1. The predicted octanol–water partition coefficient (Wildman–Crippen LogP) is 2.49. The highest BCUT2D eigenvalue weighted by Gasteiger charge is 2.20. The molecule has 0 spiro atoms. The molecule has 0 fully saturated rings. The van der Waals surface area contributed by atoms with E-state index in [2.05, 4.69) is 25.8 Å². The van der Waals surface area contributed by atoms with Gasteiger partial charge in [0.15, 0.2) is 0 Å². The molecule has 2 heterocycles. The molecule has 25 heavy (non-hydrogen) atoms. The molecule has 0 aliphatic carbocycles. The van der Waals surface area contributed by atoms with E-state index in [1.165, 1.54) is 4.80 Å². The maximum absolute atomic E-state index is 12.4. The van der Waals surface area contributed by atoms with Crippen LogP contribution in [-0.2, 0) is 10.3 Å². The number of hydrogen-bond acceptors (Lipinski definition) is 5. The molecule has 0 bridgehead atoms. The number of carbonyl (C=O) groups excluding carboxylic acids is 1. The second-order valence-electron chi connectivity index (χ2n) is 6.81. The lowest BCUT2D eigenvalue weighted by Crippen LogP contribution is -2.25. The molecule has 1 atom stereocenters. The summed E-state index contributed by atoms with van der Waals surface area (Å²) in [7, 11) is 0. The molecule has 8 nitrogen and oxygen atoms in total. The molecule has 2 aromatic heterocycles. The van der Waals surface area contributed by atoms with Crippen molar-refractivity contribution < 1.29 is 4.79 Å². The molecule has 1 amide bonds. The number of benzene rings is 1. The van der Waals surface area contributed by atoms with Crippen LogP contribution in [0, 0.1) is 0 Å². The summed E-state index contributed by atoms with van der Waals surface area (Å²) in [5.41, 5.74) is 1.34. The van der Waals surface area contributed by atoms with Crippen molar-refractivity contribution in [1.29, 1.82) is 0 Å². The summed E-state index contributed by atoms with van der Waals surface area (Å²) in [4.78, 5) is 13.8. The zero-order chi connectivity index (χ0) is 18.0. The third kappa shape index (κ3) is 3.73. The van der Waals surface area contributed by atoms with Crippen LogP contribution >= 0.6 is 0 Å². The maximum Gasteiger partial charge on any atom is 0.250 e. The Kier molecular flexibility index (Phi) is 4.35. The van der Waals surface area contributed by atoms with Crippen LogP contribution in [0.2, 0.25) is 0 Å².